The molecule has 2 aromatic rings. The van der Waals surface area contributed by atoms with Gasteiger partial charge in [0, 0.05) is 24.8 Å². The first-order valence-corrected chi connectivity index (χ1v) is 7.71. The van der Waals surface area contributed by atoms with Crippen molar-refractivity contribution in [2.75, 3.05) is 23.3 Å². The van der Waals surface area contributed by atoms with Crippen LogP contribution in [0.4, 0.5) is 17.5 Å². The van der Waals surface area contributed by atoms with Gasteiger partial charge >= 0.3 is 0 Å². The minimum atomic E-state index is 0.520. The van der Waals surface area contributed by atoms with E-state index < -0.39 is 0 Å². The highest BCUT2D eigenvalue weighted by Crippen LogP contribution is 2.32. The van der Waals surface area contributed by atoms with Gasteiger partial charge in [0.15, 0.2) is 0 Å². The van der Waals surface area contributed by atoms with Crippen LogP contribution in [0.1, 0.15) is 18.5 Å². The first-order chi connectivity index (χ1) is 10.1. The Hall–Kier alpha value is -1.52. The molecule has 0 bridgehead atoms. The Balaban J connectivity index is 1.91. The van der Waals surface area contributed by atoms with Gasteiger partial charge in [-0.15, -0.1) is 0 Å². The van der Waals surface area contributed by atoms with Gasteiger partial charge in [-0.05, 0) is 31.9 Å². The van der Waals surface area contributed by atoms with Gasteiger partial charge in [-0.2, -0.15) is 4.98 Å². The van der Waals surface area contributed by atoms with Gasteiger partial charge in [-0.3, -0.25) is 0 Å². The van der Waals surface area contributed by atoms with Crippen molar-refractivity contribution in [3.63, 3.8) is 0 Å². The van der Waals surface area contributed by atoms with Crippen molar-refractivity contribution >= 4 is 40.7 Å². The molecule has 1 aliphatic rings. The third-order valence-electron chi connectivity index (χ3n) is 3.47. The molecule has 0 spiro atoms. The summed E-state index contributed by atoms with van der Waals surface area (Å²) >= 11 is 12.3. The molecule has 4 nitrogen and oxygen atoms in total. The molecule has 1 saturated heterocycles. The number of nitrogens with zero attached hydrogens (tertiary/aromatic N) is 3. The molecule has 21 heavy (non-hydrogen) atoms. The molecule has 1 aromatic heterocycles. The van der Waals surface area contributed by atoms with Crippen LogP contribution in [0.3, 0.4) is 0 Å². The summed E-state index contributed by atoms with van der Waals surface area (Å²) in [5.74, 6) is 1.47. The number of para-hydroxylation sites is 1. The van der Waals surface area contributed by atoms with Crippen molar-refractivity contribution in [3.05, 3.63) is 40.0 Å². The summed E-state index contributed by atoms with van der Waals surface area (Å²) in [6.45, 7) is 4.05. The maximum atomic E-state index is 6.17. The zero-order chi connectivity index (χ0) is 14.8. The summed E-state index contributed by atoms with van der Waals surface area (Å²) in [6, 6.07) is 7.38. The lowest BCUT2D eigenvalue weighted by Gasteiger charge is -2.18. The molecular formula is C15H16Cl2N4. The summed E-state index contributed by atoms with van der Waals surface area (Å²) in [5.41, 5.74) is 1.55. The van der Waals surface area contributed by atoms with Gasteiger partial charge in [0.1, 0.15) is 5.82 Å². The molecule has 0 amide bonds. The lowest BCUT2D eigenvalue weighted by atomic mass is 10.3. The second kappa shape index (κ2) is 6.08. The van der Waals surface area contributed by atoms with E-state index in [9.17, 15) is 0 Å². The van der Waals surface area contributed by atoms with Crippen LogP contribution in [0.2, 0.25) is 10.0 Å². The summed E-state index contributed by atoms with van der Waals surface area (Å²) < 4.78 is 0. The van der Waals surface area contributed by atoms with Gasteiger partial charge in [0.2, 0.25) is 5.95 Å². The van der Waals surface area contributed by atoms with Crippen molar-refractivity contribution < 1.29 is 0 Å². The average molecular weight is 323 g/mol. The Morgan fingerprint density at radius 3 is 2.43 bits per heavy atom. The molecular weight excluding hydrogens is 307 g/mol. The van der Waals surface area contributed by atoms with E-state index in [0.29, 0.717) is 21.7 Å². The number of rotatable bonds is 3. The maximum Gasteiger partial charge on any atom is 0.229 e. The quantitative estimate of drug-likeness (QED) is 0.907. The van der Waals surface area contributed by atoms with Gasteiger partial charge in [-0.25, -0.2) is 4.98 Å². The average Bonchev–Trinajstić information content (AvgIpc) is 2.97. The van der Waals surface area contributed by atoms with Crippen LogP contribution in [-0.2, 0) is 0 Å². The minimum absolute atomic E-state index is 0.520. The van der Waals surface area contributed by atoms with Crippen LogP contribution >= 0.6 is 23.2 Å². The summed E-state index contributed by atoms with van der Waals surface area (Å²) in [7, 11) is 0. The SMILES string of the molecule is Cc1cc(N2CCCC2)nc(Nc2c(Cl)cccc2Cl)n1. The molecule has 0 aliphatic carbocycles. The molecule has 0 saturated carbocycles. The third kappa shape index (κ3) is 3.22. The standard InChI is InChI=1S/C15H16Cl2N4/c1-10-9-13(21-7-2-3-8-21)19-15(18-10)20-14-11(16)5-4-6-12(14)17/h4-6,9H,2-3,7-8H2,1H3,(H,18,19,20). The molecule has 3 rings (SSSR count). The first kappa shape index (κ1) is 14.4. The van der Waals surface area contributed by atoms with E-state index in [1.54, 1.807) is 12.1 Å². The molecule has 0 atom stereocenters. The van der Waals surface area contributed by atoms with Crippen molar-refractivity contribution in [3.8, 4) is 0 Å². The summed E-state index contributed by atoms with van der Waals surface area (Å²) in [5, 5.41) is 4.23. The molecule has 0 radical (unpaired) electrons. The predicted molar refractivity (Wildman–Crippen MR) is 88.0 cm³/mol. The van der Waals surface area contributed by atoms with E-state index in [1.807, 2.05) is 19.1 Å². The Kier molecular flexibility index (Phi) is 4.17. The molecule has 1 fully saturated rings. The molecule has 1 aliphatic heterocycles. The highest BCUT2D eigenvalue weighted by Gasteiger charge is 2.16. The lowest BCUT2D eigenvalue weighted by molar-refractivity contribution is 0.923. The van der Waals surface area contributed by atoms with Gasteiger partial charge in [-0.1, -0.05) is 29.3 Å². The van der Waals surface area contributed by atoms with Crippen molar-refractivity contribution in [1.82, 2.24) is 9.97 Å². The fourth-order valence-corrected chi connectivity index (χ4v) is 2.94. The zero-order valence-corrected chi connectivity index (χ0v) is 13.2. The van der Waals surface area contributed by atoms with Crippen LogP contribution in [0.5, 0.6) is 0 Å². The van der Waals surface area contributed by atoms with Crippen molar-refractivity contribution in [1.29, 1.82) is 0 Å². The summed E-state index contributed by atoms with van der Waals surface area (Å²) in [6.07, 6.45) is 2.42. The molecule has 110 valence electrons. The number of anilines is 3. The number of aromatic nitrogens is 2. The Morgan fingerprint density at radius 1 is 1.10 bits per heavy atom. The molecule has 1 aromatic carbocycles. The van der Waals surface area contributed by atoms with E-state index in [1.165, 1.54) is 12.8 Å². The van der Waals surface area contributed by atoms with E-state index >= 15 is 0 Å². The van der Waals surface area contributed by atoms with Gasteiger partial charge in [0.25, 0.3) is 0 Å². The Morgan fingerprint density at radius 2 is 1.76 bits per heavy atom. The van der Waals surface area contributed by atoms with E-state index in [2.05, 4.69) is 20.2 Å². The number of aryl methyl sites for hydroxylation is 1. The Bertz CT molecular complexity index is 634. The zero-order valence-electron chi connectivity index (χ0n) is 11.7. The van der Waals surface area contributed by atoms with Gasteiger partial charge < -0.3 is 10.2 Å². The fourth-order valence-electron chi connectivity index (χ4n) is 2.45. The molecule has 1 N–H and O–H groups in total. The van der Waals surface area contributed by atoms with E-state index in [0.717, 1.165) is 24.6 Å². The van der Waals surface area contributed by atoms with Crippen LogP contribution in [0.25, 0.3) is 0 Å². The summed E-state index contributed by atoms with van der Waals surface area (Å²) in [4.78, 5) is 11.3. The first-order valence-electron chi connectivity index (χ1n) is 6.95. The fraction of sp³-hybridized carbons (Fsp3) is 0.333. The highest BCUT2D eigenvalue weighted by atomic mass is 35.5. The second-order valence-electron chi connectivity index (χ2n) is 5.11. The minimum Gasteiger partial charge on any atom is -0.356 e. The predicted octanol–water partition coefficient (Wildman–Crippen LogP) is 4.44. The van der Waals surface area contributed by atoms with Crippen LogP contribution in [-0.4, -0.2) is 23.1 Å². The monoisotopic (exact) mass is 322 g/mol. The maximum absolute atomic E-state index is 6.17. The number of hydrogen-bond donors (Lipinski definition) is 1. The Labute approximate surface area is 134 Å². The largest absolute Gasteiger partial charge is 0.356 e. The number of hydrogen-bond acceptors (Lipinski definition) is 4. The van der Waals surface area contributed by atoms with Crippen molar-refractivity contribution in [2.45, 2.75) is 19.8 Å². The number of benzene rings is 1. The molecule has 2 heterocycles. The lowest BCUT2D eigenvalue weighted by Crippen LogP contribution is -2.19. The molecule has 6 heteroatoms. The van der Waals surface area contributed by atoms with Gasteiger partial charge in [0.05, 0.1) is 15.7 Å². The number of nitrogens with one attached hydrogen (secondary N) is 1. The topological polar surface area (TPSA) is 41.1 Å². The molecule has 0 unspecified atom stereocenters. The van der Waals surface area contributed by atoms with Crippen LogP contribution in [0, 0.1) is 6.92 Å². The second-order valence-corrected chi connectivity index (χ2v) is 5.92. The van der Waals surface area contributed by atoms with Crippen LogP contribution < -0.4 is 10.2 Å². The van der Waals surface area contributed by atoms with E-state index in [4.69, 9.17) is 23.2 Å². The van der Waals surface area contributed by atoms with Crippen LogP contribution in [0.15, 0.2) is 24.3 Å². The highest BCUT2D eigenvalue weighted by molar-refractivity contribution is 6.39. The third-order valence-corrected chi connectivity index (χ3v) is 4.10. The normalized spacial score (nSPS) is 14.5. The van der Waals surface area contributed by atoms with Crippen molar-refractivity contribution in [2.24, 2.45) is 0 Å². The van der Waals surface area contributed by atoms with E-state index in [-0.39, 0.29) is 0 Å². The number of halogens is 2. The smallest absolute Gasteiger partial charge is 0.229 e.